The zero-order chi connectivity index (χ0) is 22.9. The predicted octanol–water partition coefficient (Wildman–Crippen LogP) is 6.68. The summed E-state index contributed by atoms with van der Waals surface area (Å²) in [7, 11) is 0. The van der Waals surface area contributed by atoms with E-state index in [2.05, 4.69) is 14.9 Å². The van der Waals surface area contributed by atoms with Gasteiger partial charge in [0.2, 0.25) is 0 Å². The third-order valence-corrected chi connectivity index (χ3v) is 6.80. The maximum absolute atomic E-state index is 13.3. The topological polar surface area (TPSA) is 46.4 Å². The number of amides is 1. The van der Waals surface area contributed by atoms with Gasteiger partial charge in [-0.3, -0.25) is 4.79 Å². The molecular formula is C26H19ClFN3OS. The van der Waals surface area contributed by atoms with Crippen LogP contribution in [0.5, 0.6) is 0 Å². The fraction of sp³-hybridized carbons (Fsp3) is 0.0769. The molecule has 1 aliphatic rings. The molecule has 1 amide bonds. The van der Waals surface area contributed by atoms with Gasteiger partial charge >= 0.3 is 0 Å². The molecule has 0 unspecified atom stereocenters. The van der Waals surface area contributed by atoms with Crippen LogP contribution in [0.1, 0.15) is 16.7 Å². The number of carbonyl (C=O) groups is 1. The van der Waals surface area contributed by atoms with Crippen molar-refractivity contribution in [2.24, 2.45) is 4.99 Å². The Bertz CT molecular complexity index is 1440. The second kappa shape index (κ2) is 8.89. The highest BCUT2D eigenvalue weighted by atomic mass is 35.5. The summed E-state index contributed by atoms with van der Waals surface area (Å²) in [6, 6.07) is 20.0. The van der Waals surface area contributed by atoms with Crippen molar-refractivity contribution < 1.29 is 9.18 Å². The summed E-state index contributed by atoms with van der Waals surface area (Å²) in [4.78, 5) is 17.8. The van der Waals surface area contributed by atoms with E-state index in [0.717, 1.165) is 33.3 Å². The van der Waals surface area contributed by atoms with Crippen LogP contribution in [-0.2, 0) is 11.3 Å². The molecule has 2 heterocycles. The Labute approximate surface area is 199 Å². The summed E-state index contributed by atoms with van der Waals surface area (Å²) < 4.78 is 15.4. The van der Waals surface area contributed by atoms with Crippen molar-refractivity contribution in [1.82, 2.24) is 9.88 Å². The second-order valence-corrected chi connectivity index (χ2v) is 9.16. The largest absolute Gasteiger partial charge is 0.342 e. The zero-order valence-electron chi connectivity index (χ0n) is 17.7. The number of nitrogens with one attached hydrogen (secondary N) is 1. The number of hydrogen-bond acceptors (Lipinski definition) is 3. The maximum Gasteiger partial charge on any atom is 0.264 e. The first-order valence-corrected chi connectivity index (χ1v) is 11.5. The SMILES string of the molecule is Cc1c(Cl)cccc1N=C1NC(=O)/C(=C\c2cn(Cc3ccc(F)cc3)c3ccccc23)S1. The fourth-order valence-electron chi connectivity index (χ4n) is 3.76. The Balaban J connectivity index is 1.47. The zero-order valence-corrected chi connectivity index (χ0v) is 19.3. The number of benzene rings is 3. The molecule has 4 aromatic rings. The smallest absolute Gasteiger partial charge is 0.264 e. The van der Waals surface area contributed by atoms with Gasteiger partial charge in [-0.25, -0.2) is 9.38 Å². The van der Waals surface area contributed by atoms with E-state index in [9.17, 15) is 9.18 Å². The molecule has 0 bridgehead atoms. The average molecular weight is 476 g/mol. The predicted molar refractivity (Wildman–Crippen MR) is 134 cm³/mol. The molecule has 0 saturated carbocycles. The van der Waals surface area contributed by atoms with Crippen molar-refractivity contribution in [3.63, 3.8) is 0 Å². The standard InChI is InChI=1S/C26H19ClFN3OS/c1-16-21(27)6-4-7-22(16)29-26-30-25(32)24(33-26)13-18-15-31(23-8-3-2-5-20(18)23)14-17-9-11-19(28)12-10-17/h2-13,15H,14H2,1H3,(H,29,30,32)/b24-13+. The molecule has 0 radical (unpaired) electrons. The lowest BCUT2D eigenvalue weighted by atomic mass is 10.1. The number of para-hydroxylation sites is 1. The molecule has 1 saturated heterocycles. The first-order chi connectivity index (χ1) is 16.0. The number of aliphatic imine (C=N–C) groups is 1. The third-order valence-electron chi connectivity index (χ3n) is 5.48. The van der Waals surface area contributed by atoms with Gasteiger partial charge in [-0.05, 0) is 66.2 Å². The van der Waals surface area contributed by atoms with E-state index in [-0.39, 0.29) is 11.7 Å². The Morgan fingerprint density at radius 3 is 2.70 bits per heavy atom. The van der Waals surface area contributed by atoms with Gasteiger partial charge in [0.25, 0.3) is 5.91 Å². The molecule has 0 atom stereocenters. The summed E-state index contributed by atoms with van der Waals surface area (Å²) in [5.41, 5.74) is 4.56. The van der Waals surface area contributed by atoms with Crippen molar-refractivity contribution in [3.05, 3.63) is 105 Å². The van der Waals surface area contributed by atoms with E-state index in [0.29, 0.717) is 21.6 Å². The van der Waals surface area contributed by atoms with Crippen LogP contribution < -0.4 is 5.32 Å². The lowest BCUT2D eigenvalue weighted by molar-refractivity contribution is -0.115. The Kier molecular flexibility index (Phi) is 5.79. The number of carbonyl (C=O) groups excluding carboxylic acids is 1. The number of rotatable bonds is 4. The van der Waals surface area contributed by atoms with Crippen LogP contribution in [0, 0.1) is 12.7 Å². The number of halogens is 2. The highest BCUT2D eigenvalue weighted by molar-refractivity contribution is 8.18. The lowest BCUT2D eigenvalue weighted by Gasteiger charge is -2.05. The molecule has 1 N–H and O–H groups in total. The van der Waals surface area contributed by atoms with E-state index >= 15 is 0 Å². The van der Waals surface area contributed by atoms with Crippen molar-refractivity contribution in [3.8, 4) is 0 Å². The molecule has 1 aliphatic heterocycles. The van der Waals surface area contributed by atoms with Crippen molar-refractivity contribution in [2.45, 2.75) is 13.5 Å². The van der Waals surface area contributed by atoms with E-state index in [4.69, 9.17) is 11.6 Å². The minimum atomic E-state index is -0.253. The second-order valence-electron chi connectivity index (χ2n) is 7.72. The first kappa shape index (κ1) is 21.5. The molecule has 0 aliphatic carbocycles. The quantitative estimate of drug-likeness (QED) is 0.334. The summed E-state index contributed by atoms with van der Waals surface area (Å²) >= 11 is 7.49. The number of thioether (sulfide) groups is 1. The van der Waals surface area contributed by atoms with Crippen LogP contribution in [0.2, 0.25) is 5.02 Å². The van der Waals surface area contributed by atoms with Crippen LogP contribution in [0.25, 0.3) is 17.0 Å². The first-order valence-electron chi connectivity index (χ1n) is 10.3. The molecule has 0 spiro atoms. The normalized spacial score (nSPS) is 16.2. The van der Waals surface area contributed by atoms with Gasteiger partial charge in [-0.15, -0.1) is 0 Å². The van der Waals surface area contributed by atoms with Crippen molar-refractivity contribution >= 4 is 57.1 Å². The summed E-state index contributed by atoms with van der Waals surface area (Å²) in [6.45, 7) is 2.50. The van der Waals surface area contributed by atoms with Crippen LogP contribution in [-0.4, -0.2) is 15.6 Å². The number of nitrogens with zero attached hydrogens (tertiary/aromatic N) is 2. The number of amidine groups is 1. The number of fused-ring (bicyclic) bond motifs is 1. The van der Waals surface area contributed by atoms with Crippen LogP contribution in [0.15, 0.2) is 82.8 Å². The summed E-state index contributed by atoms with van der Waals surface area (Å²) in [5, 5.41) is 5.03. The molecule has 164 valence electrons. The van der Waals surface area contributed by atoms with Gasteiger partial charge in [0.05, 0.1) is 10.6 Å². The third kappa shape index (κ3) is 4.45. The summed E-state index contributed by atoms with van der Waals surface area (Å²) in [5.74, 6) is -0.440. The van der Waals surface area contributed by atoms with Crippen LogP contribution in [0.3, 0.4) is 0 Å². The molecule has 3 aromatic carbocycles. The highest BCUT2D eigenvalue weighted by Gasteiger charge is 2.24. The number of aromatic nitrogens is 1. The van der Waals surface area contributed by atoms with Gasteiger partial charge in [0.15, 0.2) is 5.17 Å². The lowest BCUT2D eigenvalue weighted by Crippen LogP contribution is -2.19. The molecular weight excluding hydrogens is 457 g/mol. The summed E-state index contributed by atoms with van der Waals surface area (Å²) in [6.07, 6.45) is 3.90. The Morgan fingerprint density at radius 2 is 1.88 bits per heavy atom. The van der Waals surface area contributed by atoms with E-state index in [1.54, 1.807) is 12.1 Å². The van der Waals surface area contributed by atoms with Crippen LogP contribution in [0.4, 0.5) is 10.1 Å². The molecule has 1 fully saturated rings. The number of hydrogen-bond donors (Lipinski definition) is 1. The monoisotopic (exact) mass is 475 g/mol. The van der Waals surface area contributed by atoms with Gasteiger partial charge in [-0.1, -0.05) is 48.0 Å². The van der Waals surface area contributed by atoms with E-state index in [1.807, 2.05) is 61.7 Å². The molecule has 5 rings (SSSR count). The molecule has 33 heavy (non-hydrogen) atoms. The van der Waals surface area contributed by atoms with Crippen LogP contribution >= 0.6 is 23.4 Å². The minimum absolute atomic E-state index is 0.186. The average Bonchev–Trinajstić information content (AvgIpc) is 3.33. The minimum Gasteiger partial charge on any atom is -0.342 e. The Morgan fingerprint density at radius 1 is 1.09 bits per heavy atom. The highest BCUT2D eigenvalue weighted by Crippen LogP contribution is 2.33. The Hall–Kier alpha value is -3.35. The van der Waals surface area contributed by atoms with E-state index < -0.39 is 0 Å². The van der Waals surface area contributed by atoms with Crippen molar-refractivity contribution in [1.29, 1.82) is 0 Å². The van der Waals surface area contributed by atoms with Crippen molar-refractivity contribution in [2.75, 3.05) is 0 Å². The molecule has 4 nitrogen and oxygen atoms in total. The maximum atomic E-state index is 13.3. The van der Waals surface area contributed by atoms with E-state index in [1.165, 1.54) is 23.9 Å². The van der Waals surface area contributed by atoms with Gasteiger partial charge < -0.3 is 9.88 Å². The van der Waals surface area contributed by atoms with Gasteiger partial charge in [-0.2, -0.15) is 0 Å². The van der Waals surface area contributed by atoms with Gasteiger partial charge in [0.1, 0.15) is 5.82 Å². The van der Waals surface area contributed by atoms with Gasteiger partial charge in [0, 0.05) is 34.2 Å². The molecule has 7 heteroatoms. The fourth-order valence-corrected chi connectivity index (χ4v) is 4.75. The molecule has 1 aromatic heterocycles.